The van der Waals surface area contributed by atoms with Crippen LogP contribution in [0.1, 0.15) is 69.4 Å². The molecule has 2 N–H and O–H groups in total. The summed E-state index contributed by atoms with van der Waals surface area (Å²) in [5.74, 6) is -0.767. The SMILES string of the molecule is Cc1ccc(N2C(=O)/C(=C/c3cc(C(C)(C)C)c(O)c(C(C)(C)C)c3)C(=O)NC2=S)cc1C. The number of anilines is 1. The number of aromatic hydroxyl groups is 1. The third kappa shape index (κ3) is 4.86. The topological polar surface area (TPSA) is 69.6 Å². The molecule has 0 radical (unpaired) electrons. The first-order valence-electron chi connectivity index (χ1n) is 11.0. The average molecular weight is 465 g/mol. The Morgan fingerprint density at radius 1 is 0.909 bits per heavy atom. The quantitative estimate of drug-likeness (QED) is 0.353. The first-order chi connectivity index (χ1) is 15.1. The van der Waals surface area contributed by atoms with E-state index in [-0.39, 0.29) is 27.3 Å². The summed E-state index contributed by atoms with van der Waals surface area (Å²) >= 11 is 5.33. The Balaban J connectivity index is 2.16. The lowest BCUT2D eigenvalue weighted by atomic mass is 9.78. The Morgan fingerprint density at radius 3 is 1.94 bits per heavy atom. The van der Waals surface area contributed by atoms with Gasteiger partial charge >= 0.3 is 0 Å². The van der Waals surface area contributed by atoms with Gasteiger partial charge in [0, 0.05) is 11.1 Å². The third-order valence-electron chi connectivity index (χ3n) is 5.91. The van der Waals surface area contributed by atoms with Crippen LogP contribution in [0.15, 0.2) is 35.9 Å². The Labute approximate surface area is 201 Å². The first kappa shape index (κ1) is 24.6. The minimum absolute atomic E-state index is 0.00719. The van der Waals surface area contributed by atoms with E-state index in [0.717, 1.165) is 22.3 Å². The van der Waals surface area contributed by atoms with E-state index in [1.165, 1.54) is 4.90 Å². The summed E-state index contributed by atoms with van der Waals surface area (Å²) in [7, 11) is 0. The van der Waals surface area contributed by atoms with E-state index in [2.05, 4.69) is 5.32 Å². The molecule has 2 aromatic carbocycles. The van der Waals surface area contributed by atoms with Crippen molar-refractivity contribution in [2.75, 3.05) is 4.90 Å². The van der Waals surface area contributed by atoms with Gasteiger partial charge in [0.15, 0.2) is 5.11 Å². The second-order valence-electron chi connectivity index (χ2n) is 10.7. The molecule has 174 valence electrons. The van der Waals surface area contributed by atoms with E-state index in [1.807, 2.05) is 85.7 Å². The maximum Gasteiger partial charge on any atom is 0.270 e. The largest absolute Gasteiger partial charge is 0.507 e. The number of aryl methyl sites for hydroxylation is 2. The van der Waals surface area contributed by atoms with Crippen molar-refractivity contribution in [3.63, 3.8) is 0 Å². The number of hydrogen-bond acceptors (Lipinski definition) is 4. The van der Waals surface area contributed by atoms with E-state index in [0.29, 0.717) is 11.3 Å². The lowest BCUT2D eigenvalue weighted by Crippen LogP contribution is -2.54. The molecule has 33 heavy (non-hydrogen) atoms. The number of hydrogen-bond donors (Lipinski definition) is 2. The van der Waals surface area contributed by atoms with Crippen LogP contribution in [0.2, 0.25) is 0 Å². The summed E-state index contributed by atoms with van der Waals surface area (Å²) < 4.78 is 0. The lowest BCUT2D eigenvalue weighted by molar-refractivity contribution is -0.122. The predicted molar refractivity (Wildman–Crippen MR) is 138 cm³/mol. The Kier molecular flexibility index (Phi) is 6.28. The highest BCUT2D eigenvalue weighted by atomic mass is 32.1. The van der Waals surface area contributed by atoms with E-state index < -0.39 is 11.8 Å². The number of phenols is 1. The molecule has 5 nitrogen and oxygen atoms in total. The van der Waals surface area contributed by atoms with Crippen LogP contribution in [-0.2, 0) is 20.4 Å². The number of thiocarbonyl (C=S) groups is 1. The zero-order valence-electron chi connectivity index (χ0n) is 20.6. The van der Waals surface area contributed by atoms with Crippen LogP contribution < -0.4 is 10.2 Å². The maximum atomic E-state index is 13.4. The van der Waals surface area contributed by atoms with Crippen LogP contribution in [0.3, 0.4) is 0 Å². The number of nitrogens with one attached hydrogen (secondary N) is 1. The smallest absolute Gasteiger partial charge is 0.270 e. The minimum atomic E-state index is -0.534. The summed E-state index contributed by atoms with van der Waals surface area (Å²) in [5.41, 5.74) is 4.25. The van der Waals surface area contributed by atoms with Gasteiger partial charge < -0.3 is 5.11 Å². The molecule has 1 aliphatic heterocycles. The van der Waals surface area contributed by atoms with Crippen LogP contribution in [0.4, 0.5) is 5.69 Å². The van der Waals surface area contributed by atoms with Crippen LogP contribution in [0.25, 0.3) is 6.08 Å². The van der Waals surface area contributed by atoms with E-state index >= 15 is 0 Å². The van der Waals surface area contributed by atoms with Gasteiger partial charge in [-0.2, -0.15) is 0 Å². The average Bonchev–Trinajstić information content (AvgIpc) is 2.67. The summed E-state index contributed by atoms with van der Waals surface area (Å²) in [6, 6.07) is 9.30. The van der Waals surface area contributed by atoms with Crippen LogP contribution in [0, 0.1) is 13.8 Å². The molecule has 2 aromatic rings. The van der Waals surface area contributed by atoms with Gasteiger partial charge in [0.2, 0.25) is 0 Å². The predicted octanol–water partition coefficient (Wildman–Crippen LogP) is 5.44. The molecule has 1 heterocycles. The molecular formula is C27H32N2O3S. The Bertz CT molecular complexity index is 1160. The molecule has 0 bridgehead atoms. The fourth-order valence-corrected chi connectivity index (χ4v) is 4.09. The summed E-state index contributed by atoms with van der Waals surface area (Å²) in [5, 5.41) is 13.7. The number of nitrogens with zero attached hydrogens (tertiary/aromatic N) is 1. The molecule has 0 atom stereocenters. The number of carbonyl (C=O) groups is 2. The number of carbonyl (C=O) groups excluding carboxylic acids is 2. The van der Waals surface area contributed by atoms with Crippen molar-refractivity contribution in [1.82, 2.24) is 5.32 Å². The van der Waals surface area contributed by atoms with Crippen molar-refractivity contribution >= 4 is 40.9 Å². The van der Waals surface area contributed by atoms with Crippen molar-refractivity contribution in [1.29, 1.82) is 0 Å². The van der Waals surface area contributed by atoms with E-state index in [9.17, 15) is 14.7 Å². The molecule has 0 aromatic heterocycles. The van der Waals surface area contributed by atoms with Crippen LogP contribution in [0.5, 0.6) is 5.75 Å². The van der Waals surface area contributed by atoms with Gasteiger partial charge in [-0.15, -0.1) is 0 Å². The fourth-order valence-electron chi connectivity index (χ4n) is 3.81. The van der Waals surface area contributed by atoms with Gasteiger partial charge in [-0.05, 0) is 83.9 Å². The zero-order valence-corrected chi connectivity index (χ0v) is 21.4. The fraction of sp³-hybridized carbons (Fsp3) is 0.370. The summed E-state index contributed by atoms with van der Waals surface area (Å²) in [6.45, 7) is 16.1. The molecule has 6 heteroatoms. The molecule has 0 spiro atoms. The molecule has 3 rings (SSSR count). The van der Waals surface area contributed by atoms with Gasteiger partial charge in [-0.25, -0.2) is 0 Å². The molecule has 0 saturated carbocycles. The summed E-state index contributed by atoms with van der Waals surface area (Å²) in [6.07, 6.45) is 1.58. The maximum absolute atomic E-state index is 13.4. The second kappa shape index (κ2) is 8.41. The van der Waals surface area contributed by atoms with Crippen molar-refractivity contribution in [3.05, 3.63) is 63.7 Å². The Morgan fingerprint density at radius 2 is 1.45 bits per heavy atom. The van der Waals surface area contributed by atoms with Crippen molar-refractivity contribution < 1.29 is 14.7 Å². The molecule has 0 unspecified atom stereocenters. The number of benzene rings is 2. The third-order valence-corrected chi connectivity index (χ3v) is 6.19. The highest BCUT2D eigenvalue weighted by molar-refractivity contribution is 7.80. The zero-order chi connectivity index (χ0) is 24.9. The van der Waals surface area contributed by atoms with Crippen molar-refractivity contribution in [2.45, 2.75) is 66.2 Å². The van der Waals surface area contributed by atoms with Gasteiger partial charge in [0.25, 0.3) is 11.8 Å². The molecule has 2 amide bonds. The number of phenolic OH excluding ortho intramolecular Hbond substituents is 1. The number of amides is 2. The molecule has 1 saturated heterocycles. The Hall–Kier alpha value is -2.99. The normalized spacial score (nSPS) is 16.4. The lowest BCUT2D eigenvalue weighted by Gasteiger charge is -2.30. The highest BCUT2D eigenvalue weighted by Gasteiger charge is 2.35. The van der Waals surface area contributed by atoms with Crippen LogP contribution >= 0.6 is 12.2 Å². The van der Waals surface area contributed by atoms with Gasteiger partial charge in [0.05, 0.1) is 5.69 Å². The van der Waals surface area contributed by atoms with Crippen molar-refractivity contribution in [2.24, 2.45) is 0 Å². The highest BCUT2D eigenvalue weighted by Crippen LogP contribution is 2.40. The standard InChI is InChI=1S/C27H32N2O3S/c1-15-9-10-18(11-16(15)2)29-24(32)19(23(31)28-25(29)33)12-17-13-20(26(3,4)5)22(30)21(14-17)27(6,7)8/h9-14,30H,1-8H3,(H,28,31,33)/b19-12+. The summed E-state index contributed by atoms with van der Waals surface area (Å²) in [4.78, 5) is 27.6. The van der Waals surface area contributed by atoms with Crippen LogP contribution in [-0.4, -0.2) is 22.0 Å². The van der Waals surface area contributed by atoms with Gasteiger partial charge in [0.1, 0.15) is 11.3 Å². The monoisotopic (exact) mass is 464 g/mol. The number of rotatable bonds is 2. The minimum Gasteiger partial charge on any atom is -0.507 e. The van der Waals surface area contributed by atoms with E-state index in [1.54, 1.807) is 6.08 Å². The molecular weight excluding hydrogens is 432 g/mol. The van der Waals surface area contributed by atoms with E-state index in [4.69, 9.17) is 12.2 Å². The van der Waals surface area contributed by atoms with Gasteiger partial charge in [-0.3, -0.25) is 19.8 Å². The van der Waals surface area contributed by atoms with Gasteiger partial charge in [-0.1, -0.05) is 47.6 Å². The molecule has 0 aliphatic carbocycles. The van der Waals surface area contributed by atoms with Crippen molar-refractivity contribution in [3.8, 4) is 5.75 Å². The molecule has 1 aliphatic rings. The second-order valence-corrected chi connectivity index (χ2v) is 11.1. The molecule has 1 fully saturated rings. The first-order valence-corrected chi connectivity index (χ1v) is 11.4.